The first kappa shape index (κ1) is 18.7. The monoisotopic (exact) mass is 414 g/mol. The van der Waals surface area contributed by atoms with Crippen molar-refractivity contribution in [3.05, 3.63) is 63.8 Å². The smallest absolute Gasteiger partial charge is 0.253 e. The number of benzene rings is 1. The Kier molecular flexibility index (Phi) is 4.07. The average molecular weight is 415 g/mol. The zero-order valence-electron chi connectivity index (χ0n) is 17.7. The Morgan fingerprint density at radius 2 is 2.00 bits per heavy atom. The van der Waals surface area contributed by atoms with Gasteiger partial charge >= 0.3 is 0 Å². The average Bonchev–Trinajstić information content (AvgIpc) is 3.49. The minimum atomic E-state index is -0.0325. The maximum absolute atomic E-state index is 13.0. The van der Waals surface area contributed by atoms with Gasteiger partial charge in [0.05, 0.1) is 16.9 Å². The summed E-state index contributed by atoms with van der Waals surface area (Å²) in [6, 6.07) is 7.62. The van der Waals surface area contributed by atoms with Crippen molar-refractivity contribution >= 4 is 22.5 Å². The Morgan fingerprint density at radius 1 is 1.16 bits per heavy atom. The predicted octanol–water partition coefficient (Wildman–Crippen LogP) is 4.38. The lowest BCUT2D eigenvalue weighted by atomic mass is 9.93. The molecule has 3 aliphatic rings. The molecule has 0 saturated heterocycles. The Balaban J connectivity index is 1.41. The molecule has 2 aromatic heterocycles. The molecule has 1 atom stereocenters. The summed E-state index contributed by atoms with van der Waals surface area (Å²) < 4.78 is 1.97. The quantitative estimate of drug-likeness (QED) is 0.685. The minimum Gasteiger partial charge on any atom is -0.363 e. The molecule has 1 N–H and O–H groups in total. The maximum Gasteiger partial charge on any atom is 0.253 e. The predicted molar refractivity (Wildman–Crippen MR) is 119 cm³/mol. The molecular weight excluding hydrogens is 388 g/mol. The van der Waals surface area contributed by atoms with E-state index < -0.39 is 0 Å². The van der Waals surface area contributed by atoms with Crippen molar-refractivity contribution in [1.82, 2.24) is 14.5 Å². The van der Waals surface area contributed by atoms with Gasteiger partial charge < -0.3 is 9.88 Å². The number of aromatic nitrogens is 3. The van der Waals surface area contributed by atoms with Gasteiger partial charge in [-0.15, -0.1) is 0 Å². The lowest BCUT2D eigenvalue weighted by Crippen LogP contribution is -2.37. The van der Waals surface area contributed by atoms with Crippen LogP contribution in [0.1, 0.15) is 73.0 Å². The molecule has 6 rings (SSSR count). The summed E-state index contributed by atoms with van der Waals surface area (Å²) in [7, 11) is 0. The molecule has 2 bridgehead atoms. The van der Waals surface area contributed by atoms with E-state index in [1.54, 1.807) is 6.07 Å². The van der Waals surface area contributed by atoms with Gasteiger partial charge in [0, 0.05) is 29.8 Å². The molecule has 0 spiro atoms. The van der Waals surface area contributed by atoms with Gasteiger partial charge in [0.1, 0.15) is 12.1 Å². The lowest BCUT2D eigenvalue weighted by Gasteiger charge is -2.29. The van der Waals surface area contributed by atoms with E-state index in [1.165, 1.54) is 19.2 Å². The third-order valence-electron chi connectivity index (χ3n) is 7.82. The maximum atomic E-state index is 13.0. The van der Waals surface area contributed by atoms with Crippen LogP contribution >= 0.6 is 0 Å². The molecule has 0 amide bonds. The number of fused-ring (bicyclic) bond motifs is 4. The van der Waals surface area contributed by atoms with E-state index in [4.69, 9.17) is 0 Å². The van der Waals surface area contributed by atoms with E-state index in [0.717, 1.165) is 59.5 Å². The summed E-state index contributed by atoms with van der Waals surface area (Å²) in [4.78, 5) is 34.0. The molecule has 31 heavy (non-hydrogen) atoms. The summed E-state index contributed by atoms with van der Waals surface area (Å²) >= 11 is 0. The fraction of sp³-hybridized carbons (Fsp3) is 0.440. The van der Waals surface area contributed by atoms with Gasteiger partial charge in [-0.05, 0) is 62.5 Å². The molecule has 2 heterocycles. The van der Waals surface area contributed by atoms with Gasteiger partial charge in [0.25, 0.3) is 5.56 Å². The van der Waals surface area contributed by atoms with E-state index in [2.05, 4.69) is 28.3 Å². The number of nitrogens with zero attached hydrogens (tertiary/aromatic N) is 3. The number of rotatable bonds is 4. The molecule has 3 aromatic rings. The Labute approximate surface area is 180 Å². The summed E-state index contributed by atoms with van der Waals surface area (Å²) in [5.74, 6) is 1.72. The van der Waals surface area contributed by atoms with Gasteiger partial charge in [-0.1, -0.05) is 18.2 Å². The standard InChI is InChI=1S/C25H26N4O2/c1-15(17-3-2-4-19-18(17)5-6-22(19)30)28-24-20-13-29(23(31)11-21(20)26-14-27-24)25-9-7-16(12-25)8-10-25/h2-4,11,13-16H,5-10,12H2,1H3,(H,26,27,28)/t15-,16?,25?/m1/s1. The molecule has 158 valence electrons. The second-order valence-electron chi connectivity index (χ2n) is 9.54. The van der Waals surface area contributed by atoms with Crippen LogP contribution in [-0.4, -0.2) is 20.3 Å². The molecular formula is C25H26N4O2. The number of carbonyl (C=O) groups excluding carboxylic acids is 1. The second kappa shape index (κ2) is 6.74. The van der Waals surface area contributed by atoms with Crippen molar-refractivity contribution < 1.29 is 4.79 Å². The van der Waals surface area contributed by atoms with E-state index in [1.807, 2.05) is 22.9 Å². The highest BCUT2D eigenvalue weighted by Gasteiger charge is 2.46. The highest BCUT2D eigenvalue weighted by atomic mass is 16.1. The van der Waals surface area contributed by atoms with Crippen LogP contribution in [0.25, 0.3) is 10.9 Å². The number of nitrogens with one attached hydrogen (secondary N) is 1. The molecule has 0 unspecified atom stereocenters. The summed E-state index contributed by atoms with van der Waals surface area (Å²) in [5.41, 5.74) is 3.80. The van der Waals surface area contributed by atoms with Gasteiger partial charge in [-0.2, -0.15) is 0 Å². The van der Waals surface area contributed by atoms with Crippen molar-refractivity contribution in [2.75, 3.05) is 5.32 Å². The van der Waals surface area contributed by atoms with Crippen LogP contribution in [0.5, 0.6) is 0 Å². The zero-order chi connectivity index (χ0) is 21.2. The van der Waals surface area contributed by atoms with Crippen LogP contribution in [0.15, 0.2) is 41.6 Å². The molecule has 3 aliphatic carbocycles. The van der Waals surface area contributed by atoms with Crippen LogP contribution in [0.3, 0.4) is 0 Å². The van der Waals surface area contributed by atoms with Crippen LogP contribution in [0.4, 0.5) is 5.82 Å². The third kappa shape index (κ3) is 2.84. The Hall–Kier alpha value is -3.02. The highest BCUT2D eigenvalue weighted by molar-refractivity contribution is 6.00. The molecule has 2 fully saturated rings. The third-order valence-corrected chi connectivity index (χ3v) is 7.82. The van der Waals surface area contributed by atoms with Crippen LogP contribution < -0.4 is 10.9 Å². The number of hydrogen-bond donors (Lipinski definition) is 1. The summed E-state index contributed by atoms with van der Waals surface area (Å²) in [6.07, 6.45) is 10.6. The Bertz CT molecular complexity index is 1270. The lowest BCUT2D eigenvalue weighted by molar-refractivity contribution is 0.0994. The van der Waals surface area contributed by atoms with Gasteiger partial charge in [0.15, 0.2) is 5.78 Å². The van der Waals surface area contributed by atoms with Crippen molar-refractivity contribution in [3.8, 4) is 0 Å². The first-order valence-electron chi connectivity index (χ1n) is 11.3. The second-order valence-corrected chi connectivity index (χ2v) is 9.54. The van der Waals surface area contributed by atoms with E-state index >= 15 is 0 Å². The number of Topliss-reactive ketones (excluding diaryl/α,β-unsaturated/α-hetero) is 1. The fourth-order valence-corrected chi connectivity index (χ4v) is 6.22. The minimum absolute atomic E-state index is 0.0140. The van der Waals surface area contributed by atoms with E-state index in [0.29, 0.717) is 11.9 Å². The number of anilines is 1. The van der Waals surface area contributed by atoms with Crippen molar-refractivity contribution in [2.24, 2.45) is 5.92 Å². The van der Waals surface area contributed by atoms with Crippen LogP contribution in [-0.2, 0) is 12.0 Å². The molecule has 0 aliphatic heterocycles. The molecule has 6 heteroatoms. The van der Waals surface area contributed by atoms with Gasteiger partial charge in [-0.3, -0.25) is 9.59 Å². The topological polar surface area (TPSA) is 76.9 Å². The SMILES string of the molecule is C[C@@H](Nc1ncnc2cc(=O)n(C34CCC(CC3)C4)cc12)c1cccc2c1CCC2=O. The van der Waals surface area contributed by atoms with Gasteiger partial charge in [0.2, 0.25) is 0 Å². The number of pyridine rings is 1. The molecule has 6 nitrogen and oxygen atoms in total. The Morgan fingerprint density at radius 3 is 2.77 bits per heavy atom. The van der Waals surface area contributed by atoms with Gasteiger partial charge in [-0.25, -0.2) is 9.97 Å². The summed E-state index contributed by atoms with van der Waals surface area (Å²) in [6.45, 7) is 2.10. The molecule has 1 aromatic carbocycles. The number of ketones is 1. The van der Waals surface area contributed by atoms with Crippen molar-refractivity contribution in [2.45, 2.75) is 63.5 Å². The zero-order valence-corrected chi connectivity index (χ0v) is 17.7. The largest absolute Gasteiger partial charge is 0.363 e. The first-order chi connectivity index (χ1) is 15.0. The van der Waals surface area contributed by atoms with E-state index in [-0.39, 0.29) is 22.9 Å². The first-order valence-corrected chi connectivity index (χ1v) is 11.3. The van der Waals surface area contributed by atoms with Crippen LogP contribution in [0, 0.1) is 5.92 Å². The van der Waals surface area contributed by atoms with Crippen LogP contribution in [0.2, 0.25) is 0 Å². The fourth-order valence-electron chi connectivity index (χ4n) is 6.22. The van der Waals surface area contributed by atoms with Crippen molar-refractivity contribution in [1.29, 1.82) is 0 Å². The normalized spacial score (nSPS) is 25.2. The van der Waals surface area contributed by atoms with Crippen molar-refractivity contribution in [3.63, 3.8) is 0 Å². The summed E-state index contributed by atoms with van der Waals surface area (Å²) in [5, 5.41) is 4.42. The molecule has 0 radical (unpaired) electrons. The van der Waals surface area contributed by atoms with E-state index in [9.17, 15) is 9.59 Å². The molecule has 2 saturated carbocycles. The number of carbonyl (C=O) groups is 1. The number of hydrogen-bond acceptors (Lipinski definition) is 5. The highest BCUT2D eigenvalue weighted by Crippen LogP contribution is 2.52.